The van der Waals surface area contributed by atoms with Crippen LogP contribution in [0.3, 0.4) is 0 Å². The van der Waals surface area contributed by atoms with Crippen molar-refractivity contribution in [3.8, 4) is 11.5 Å². The van der Waals surface area contributed by atoms with Crippen LogP contribution in [0.15, 0.2) is 60.0 Å². The standard InChI is InChI=1S/C28H34ClN3O4S/c1-5-20(2)32(28(34)30-23-9-6-8-22(29)17-23)19-27(33)31(18-24-10-7-15-37-24)14-13-21-11-12-25(35-3)26(16-21)36-4/h6-12,15-17,20H,5,13-14,18-19H2,1-4H3,(H,30,34). The van der Waals surface area contributed by atoms with Crippen LogP contribution in [0.2, 0.25) is 5.02 Å². The molecule has 3 amide bonds. The Kier molecular flexibility index (Phi) is 10.7. The highest BCUT2D eigenvalue weighted by atomic mass is 35.5. The number of halogens is 1. The number of benzene rings is 2. The van der Waals surface area contributed by atoms with Gasteiger partial charge in [-0.15, -0.1) is 11.3 Å². The third kappa shape index (κ3) is 8.13. The Morgan fingerprint density at radius 1 is 1.05 bits per heavy atom. The van der Waals surface area contributed by atoms with Crippen molar-refractivity contribution in [3.05, 3.63) is 75.4 Å². The zero-order valence-corrected chi connectivity index (χ0v) is 23.3. The molecule has 0 spiro atoms. The van der Waals surface area contributed by atoms with E-state index >= 15 is 0 Å². The number of anilines is 1. The zero-order chi connectivity index (χ0) is 26.8. The quantitative estimate of drug-likeness (QED) is 0.290. The number of ether oxygens (including phenoxy) is 2. The number of amides is 3. The van der Waals surface area contributed by atoms with Gasteiger partial charge in [-0.05, 0) is 67.1 Å². The smallest absolute Gasteiger partial charge is 0.322 e. The van der Waals surface area contributed by atoms with Gasteiger partial charge < -0.3 is 24.6 Å². The number of nitrogens with one attached hydrogen (secondary N) is 1. The summed E-state index contributed by atoms with van der Waals surface area (Å²) in [6.07, 6.45) is 1.35. The van der Waals surface area contributed by atoms with Gasteiger partial charge in [0.15, 0.2) is 11.5 Å². The van der Waals surface area contributed by atoms with E-state index in [0.29, 0.717) is 48.1 Å². The molecule has 0 fully saturated rings. The summed E-state index contributed by atoms with van der Waals surface area (Å²) in [5, 5.41) is 5.40. The summed E-state index contributed by atoms with van der Waals surface area (Å²) in [7, 11) is 3.21. The van der Waals surface area contributed by atoms with Gasteiger partial charge in [0.2, 0.25) is 5.91 Å². The van der Waals surface area contributed by atoms with E-state index < -0.39 is 0 Å². The molecule has 0 aliphatic heterocycles. The second-order valence-electron chi connectivity index (χ2n) is 8.66. The lowest BCUT2D eigenvalue weighted by Crippen LogP contribution is -2.48. The molecule has 1 aromatic heterocycles. The number of urea groups is 1. The van der Waals surface area contributed by atoms with E-state index in [1.54, 1.807) is 54.7 Å². The van der Waals surface area contributed by atoms with Gasteiger partial charge in [-0.25, -0.2) is 4.79 Å². The highest BCUT2D eigenvalue weighted by Gasteiger charge is 2.25. The Balaban J connectivity index is 1.76. The van der Waals surface area contributed by atoms with Crippen LogP contribution in [0, 0.1) is 0 Å². The van der Waals surface area contributed by atoms with Gasteiger partial charge in [0.05, 0.1) is 20.8 Å². The SMILES string of the molecule is CCC(C)N(CC(=O)N(CCc1ccc(OC)c(OC)c1)Cc1cccs1)C(=O)Nc1cccc(Cl)c1. The third-order valence-electron chi connectivity index (χ3n) is 6.16. The second kappa shape index (κ2) is 13.9. The maximum Gasteiger partial charge on any atom is 0.322 e. The largest absolute Gasteiger partial charge is 0.493 e. The molecule has 0 saturated carbocycles. The molecule has 0 aliphatic rings. The first-order valence-electron chi connectivity index (χ1n) is 12.2. The number of hydrogen-bond acceptors (Lipinski definition) is 5. The van der Waals surface area contributed by atoms with Crippen LogP contribution < -0.4 is 14.8 Å². The average molecular weight is 544 g/mol. The molecule has 37 heavy (non-hydrogen) atoms. The predicted octanol–water partition coefficient (Wildman–Crippen LogP) is 6.32. The van der Waals surface area contributed by atoms with Crippen LogP contribution in [0.25, 0.3) is 0 Å². The number of methoxy groups -OCH3 is 2. The van der Waals surface area contributed by atoms with Crippen LogP contribution in [-0.4, -0.2) is 55.1 Å². The number of hydrogen-bond donors (Lipinski definition) is 1. The fourth-order valence-electron chi connectivity index (χ4n) is 3.84. The number of rotatable bonds is 12. The molecule has 0 aliphatic carbocycles. The summed E-state index contributed by atoms with van der Waals surface area (Å²) in [5.41, 5.74) is 1.61. The molecule has 0 radical (unpaired) electrons. The molecule has 198 valence electrons. The lowest BCUT2D eigenvalue weighted by molar-refractivity contribution is -0.132. The first-order valence-corrected chi connectivity index (χ1v) is 13.4. The van der Waals surface area contributed by atoms with Crippen LogP contribution >= 0.6 is 22.9 Å². The molecule has 1 unspecified atom stereocenters. The van der Waals surface area contributed by atoms with Crippen molar-refractivity contribution in [2.45, 2.75) is 39.3 Å². The maximum absolute atomic E-state index is 13.6. The van der Waals surface area contributed by atoms with E-state index in [9.17, 15) is 9.59 Å². The van der Waals surface area contributed by atoms with Gasteiger partial charge in [-0.2, -0.15) is 0 Å². The Morgan fingerprint density at radius 3 is 2.49 bits per heavy atom. The summed E-state index contributed by atoms with van der Waals surface area (Å²) in [5.74, 6) is 1.19. The number of carbonyl (C=O) groups is 2. The van der Waals surface area contributed by atoms with Crippen molar-refractivity contribution >= 4 is 40.6 Å². The van der Waals surface area contributed by atoms with Crippen molar-refractivity contribution in [1.82, 2.24) is 9.80 Å². The number of thiophene rings is 1. The number of nitrogens with zero attached hydrogens (tertiary/aromatic N) is 2. The van der Waals surface area contributed by atoms with Gasteiger partial charge in [0, 0.05) is 28.2 Å². The first kappa shape index (κ1) is 28.3. The van der Waals surface area contributed by atoms with Crippen LogP contribution in [0.4, 0.5) is 10.5 Å². The van der Waals surface area contributed by atoms with Crippen LogP contribution in [0.5, 0.6) is 11.5 Å². The Morgan fingerprint density at radius 2 is 1.84 bits per heavy atom. The summed E-state index contributed by atoms with van der Waals surface area (Å²) < 4.78 is 10.8. The topological polar surface area (TPSA) is 71.1 Å². The van der Waals surface area contributed by atoms with E-state index in [2.05, 4.69) is 5.32 Å². The molecule has 1 N–H and O–H groups in total. The fourth-order valence-corrected chi connectivity index (χ4v) is 4.75. The number of carbonyl (C=O) groups excluding carboxylic acids is 2. The monoisotopic (exact) mass is 543 g/mol. The summed E-state index contributed by atoms with van der Waals surface area (Å²) in [4.78, 5) is 31.3. The van der Waals surface area contributed by atoms with E-state index in [4.69, 9.17) is 21.1 Å². The zero-order valence-electron chi connectivity index (χ0n) is 21.7. The minimum Gasteiger partial charge on any atom is -0.493 e. The third-order valence-corrected chi connectivity index (χ3v) is 7.26. The van der Waals surface area contributed by atoms with Crippen molar-refractivity contribution in [1.29, 1.82) is 0 Å². The van der Waals surface area contributed by atoms with E-state index in [1.807, 2.05) is 54.5 Å². The minimum atomic E-state index is -0.332. The molecular weight excluding hydrogens is 510 g/mol. The van der Waals surface area contributed by atoms with E-state index in [1.165, 1.54) is 0 Å². The molecule has 0 bridgehead atoms. The fraction of sp³-hybridized carbons (Fsp3) is 0.357. The second-order valence-corrected chi connectivity index (χ2v) is 10.1. The van der Waals surface area contributed by atoms with Crippen LogP contribution in [0.1, 0.15) is 30.7 Å². The Labute approximate surface area is 227 Å². The van der Waals surface area contributed by atoms with Crippen molar-refractivity contribution in [2.75, 3.05) is 32.6 Å². The molecule has 2 aromatic carbocycles. The normalized spacial score (nSPS) is 11.5. The van der Waals surface area contributed by atoms with Gasteiger partial charge in [0.1, 0.15) is 6.54 Å². The Bertz CT molecular complexity index is 1170. The molecular formula is C28H34ClN3O4S. The van der Waals surface area contributed by atoms with E-state index in [-0.39, 0.29) is 24.5 Å². The lowest BCUT2D eigenvalue weighted by atomic mass is 10.1. The highest BCUT2D eigenvalue weighted by molar-refractivity contribution is 7.09. The summed E-state index contributed by atoms with van der Waals surface area (Å²) in [6, 6.07) is 16.3. The van der Waals surface area contributed by atoms with Crippen molar-refractivity contribution in [2.24, 2.45) is 0 Å². The lowest BCUT2D eigenvalue weighted by Gasteiger charge is -2.31. The molecule has 7 nitrogen and oxygen atoms in total. The molecule has 3 aromatic rings. The van der Waals surface area contributed by atoms with Gasteiger partial charge in [-0.1, -0.05) is 36.7 Å². The average Bonchev–Trinajstić information content (AvgIpc) is 3.42. The summed E-state index contributed by atoms with van der Waals surface area (Å²) >= 11 is 7.68. The maximum atomic E-state index is 13.6. The molecule has 3 rings (SSSR count). The van der Waals surface area contributed by atoms with Crippen molar-refractivity contribution < 1.29 is 19.1 Å². The molecule has 1 atom stereocenters. The molecule has 0 saturated heterocycles. The highest BCUT2D eigenvalue weighted by Crippen LogP contribution is 2.28. The Hall–Kier alpha value is -3.23. The van der Waals surface area contributed by atoms with Gasteiger partial charge >= 0.3 is 6.03 Å². The minimum absolute atomic E-state index is 0.0291. The van der Waals surface area contributed by atoms with E-state index in [0.717, 1.165) is 10.4 Å². The van der Waals surface area contributed by atoms with Crippen molar-refractivity contribution in [3.63, 3.8) is 0 Å². The van der Waals surface area contributed by atoms with Gasteiger partial charge in [0.25, 0.3) is 0 Å². The molecule has 1 heterocycles. The predicted molar refractivity (Wildman–Crippen MR) is 150 cm³/mol. The molecule has 9 heteroatoms. The van der Waals surface area contributed by atoms with Crippen LogP contribution in [-0.2, 0) is 17.8 Å². The summed E-state index contributed by atoms with van der Waals surface area (Å²) in [6.45, 7) is 4.89. The van der Waals surface area contributed by atoms with Gasteiger partial charge in [-0.3, -0.25) is 4.79 Å². The first-order chi connectivity index (χ1) is 17.8.